The summed E-state index contributed by atoms with van der Waals surface area (Å²) >= 11 is 0. The van der Waals surface area contributed by atoms with Gasteiger partial charge in [-0.05, 0) is 67.3 Å². The molecule has 0 amide bonds. The van der Waals surface area contributed by atoms with Gasteiger partial charge in [-0.25, -0.2) is 4.79 Å². The van der Waals surface area contributed by atoms with Crippen LogP contribution in [0.5, 0.6) is 0 Å². The first-order valence-electron chi connectivity index (χ1n) is 9.93. The highest BCUT2D eigenvalue weighted by Crippen LogP contribution is 2.68. The van der Waals surface area contributed by atoms with E-state index in [9.17, 15) is 24.9 Å². The normalized spacial score (nSPS) is 53.3. The third-order valence-electron chi connectivity index (χ3n) is 8.80. The number of allylic oxidation sites excluding steroid dienone is 1. The molecule has 4 aliphatic rings. The zero-order valence-electron chi connectivity index (χ0n) is 15.9. The van der Waals surface area contributed by atoms with Crippen LogP contribution >= 0.6 is 0 Å². The van der Waals surface area contributed by atoms with Crippen LogP contribution in [-0.4, -0.2) is 38.8 Å². The number of carbonyl (C=O) groups excluding carboxylic acids is 1. The van der Waals surface area contributed by atoms with E-state index < -0.39 is 23.1 Å². The molecule has 0 aliphatic heterocycles. The molecule has 0 spiro atoms. The van der Waals surface area contributed by atoms with Crippen LogP contribution in [0, 0.1) is 34.5 Å². The Labute approximate surface area is 154 Å². The van der Waals surface area contributed by atoms with Gasteiger partial charge in [0, 0.05) is 11.8 Å². The van der Waals surface area contributed by atoms with Gasteiger partial charge in [-0.15, -0.1) is 0 Å². The summed E-state index contributed by atoms with van der Waals surface area (Å²) < 4.78 is 0. The second-order valence-electron chi connectivity index (χ2n) is 9.79. The van der Waals surface area contributed by atoms with Crippen molar-refractivity contribution in [3.63, 3.8) is 0 Å². The van der Waals surface area contributed by atoms with E-state index in [-0.39, 0.29) is 34.9 Å². The molecule has 0 radical (unpaired) electrons. The van der Waals surface area contributed by atoms with Crippen LogP contribution in [0.3, 0.4) is 0 Å². The molecule has 3 saturated carbocycles. The van der Waals surface area contributed by atoms with Gasteiger partial charge in [0.2, 0.25) is 0 Å². The lowest BCUT2D eigenvalue weighted by atomic mass is 9.45. The van der Waals surface area contributed by atoms with Gasteiger partial charge in [-0.2, -0.15) is 0 Å². The maximum absolute atomic E-state index is 12.0. The minimum absolute atomic E-state index is 0.0389. The molecule has 0 aromatic rings. The number of hydrogen-bond acceptors (Lipinski definition) is 4. The third-order valence-corrected chi connectivity index (χ3v) is 8.80. The van der Waals surface area contributed by atoms with E-state index in [0.29, 0.717) is 19.3 Å². The highest BCUT2D eigenvalue weighted by molar-refractivity contribution is 5.91. The van der Waals surface area contributed by atoms with Crippen molar-refractivity contribution < 1.29 is 24.9 Å². The Kier molecular flexibility index (Phi) is 3.79. The fourth-order valence-electron chi connectivity index (χ4n) is 7.48. The fourth-order valence-corrected chi connectivity index (χ4v) is 7.48. The van der Waals surface area contributed by atoms with E-state index in [4.69, 9.17) is 0 Å². The van der Waals surface area contributed by atoms with Crippen molar-refractivity contribution in [2.45, 2.75) is 71.0 Å². The molecule has 144 valence electrons. The zero-order valence-corrected chi connectivity index (χ0v) is 15.9. The van der Waals surface area contributed by atoms with Gasteiger partial charge >= 0.3 is 5.97 Å². The van der Waals surface area contributed by atoms with Crippen molar-refractivity contribution in [1.82, 2.24) is 0 Å². The van der Waals surface area contributed by atoms with Crippen molar-refractivity contribution in [3.05, 3.63) is 11.6 Å². The van der Waals surface area contributed by atoms with Crippen molar-refractivity contribution in [3.8, 4) is 0 Å². The van der Waals surface area contributed by atoms with Crippen molar-refractivity contribution in [2.24, 2.45) is 34.5 Å². The van der Waals surface area contributed by atoms with Crippen molar-refractivity contribution >= 4 is 11.8 Å². The number of fused-ring (bicyclic) bond motifs is 5. The average molecular weight is 362 g/mol. The van der Waals surface area contributed by atoms with Crippen LogP contribution in [0.4, 0.5) is 0 Å². The summed E-state index contributed by atoms with van der Waals surface area (Å²) in [5.41, 5.74) is -1.63. The Hall–Kier alpha value is -1.20. The summed E-state index contributed by atoms with van der Waals surface area (Å²) in [7, 11) is 0. The molecular formula is C21H30O5. The van der Waals surface area contributed by atoms with Gasteiger partial charge in [-0.1, -0.05) is 26.3 Å². The molecule has 0 aromatic heterocycles. The van der Waals surface area contributed by atoms with Crippen LogP contribution < -0.4 is 0 Å². The standard InChI is InChI=1S/C21H30O5/c1-11-8-15-14-5-4-12-9-13(22)6-7-19(12,2)17(14)16(23)10-20(15,3)21(11,26)18(24)25/h9,11,14-17,23,26H,4-8,10H2,1-3H3,(H,24,25)/t11-,14+,15?,16+,17?,19+,20+,21+/m1/s1. The van der Waals surface area contributed by atoms with E-state index in [0.717, 1.165) is 24.8 Å². The number of carboxylic acids is 1. The van der Waals surface area contributed by atoms with Gasteiger partial charge < -0.3 is 15.3 Å². The lowest BCUT2D eigenvalue weighted by molar-refractivity contribution is -0.199. The van der Waals surface area contributed by atoms with Crippen molar-refractivity contribution in [2.75, 3.05) is 0 Å². The molecular weight excluding hydrogens is 332 g/mol. The highest BCUT2D eigenvalue weighted by atomic mass is 16.4. The summed E-state index contributed by atoms with van der Waals surface area (Å²) in [5, 5.41) is 32.2. The Bertz CT molecular complexity index is 699. The summed E-state index contributed by atoms with van der Waals surface area (Å²) in [6.45, 7) is 5.87. The molecule has 0 bridgehead atoms. The molecule has 3 fully saturated rings. The molecule has 5 heteroatoms. The highest BCUT2D eigenvalue weighted by Gasteiger charge is 2.71. The minimum Gasteiger partial charge on any atom is -0.479 e. The summed E-state index contributed by atoms with van der Waals surface area (Å²) in [6.07, 6.45) is 5.11. The smallest absolute Gasteiger partial charge is 0.336 e. The second kappa shape index (κ2) is 5.41. The summed E-state index contributed by atoms with van der Waals surface area (Å²) in [5.74, 6) is -0.999. The van der Waals surface area contributed by atoms with Gasteiger partial charge in [0.25, 0.3) is 0 Å². The summed E-state index contributed by atoms with van der Waals surface area (Å²) in [6, 6.07) is 0. The quantitative estimate of drug-likeness (QED) is 0.666. The number of aliphatic hydroxyl groups is 2. The van der Waals surface area contributed by atoms with Gasteiger partial charge in [0.05, 0.1) is 6.10 Å². The lowest BCUT2D eigenvalue weighted by Crippen LogP contribution is -2.62. The zero-order chi connectivity index (χ0) is 19.1. The SMILES string of the molecule is C[C@@H]1CC2[C@@H]3CCC4=CC(=O)CC[C@]4(C)C3[C@@H](O)C[C@]2(C)[C@@]1(O)C(=O)O. The molecule has 0 saturated heterocycles. The van der Waals surface area contributed by atoms with Crippen LogP contribution in [0.1, 0.15) is 59.3 Å². The van der Waals surface area contributed by atoms with Crippen LogP contribution in [-0.2, 0) is 9.59 Å². The Balaban J connectivity index is 1.78. The van der Waals surface area contributed by atoms with Crippen LogP contribution in [0.15, 0.2) is 11.6 Å². The number of ketones is 1. The van der Waals surface area contributed by atoms with Gasteiger partial charge in [-0.3, -0.25) is 4.79 Å². The van der Waals surface area contributed by atoms with Gasteiger partial charge in [0.1, 0.15) is 0 Å². The number of hydrogen-bond donors (Lipinski definition) is 3. The minimum atomic E-state index is -1.79. The second-order valence-corrected chi connectivity index (χ2v) is 9.79. The third kappa shape index (κ3) is 1.99. The van der Waals surface area contributed by atoms with Crippen molar-refractivity contribution in [1.29, 1.82) is 0 Å². The van der Waals surface area contributed by atoms with Gasteiger partial charge in [0.15, 0.2) is 11.4 Å². The number of aliphatic carboxylic acids is 1. The lowest BCUT2D eigenvalue weighted by Gasteiger charge is -2.60. The molecule has 0 heterocycles. The largest absolute Gasteiger partial charge is 0.479 e. The molecule has 5 nitrogen and oxygen atoms in total. The molecule has 4 rings (SSSR count). The number of aliphatic hydroxyl groups excluding tert-OH is 1. The van der Waals surface area contributed by atoms with E-state index in [1.165, 1.54) is 0 Å². The first-order valence-corrected chi connectivity index (χ1v) is 9.93. The van der Waals surface area contributed by atoms with E-state index in [2.05, 4.69) is 6.92 Å². The number of rotatable bonds is 1. The van der Waals surface area contributed by atoms with E-state index in [1.54, 1.807) is 6.08 Å². The molecule has 26 heavy (non-hydrogen) atoms. The number of carboxylic acid groups (broad SMARTS) is 1. The predicted octanol–water partition coefficient (Wildman–Crippen LogP) is 2.55. The van der Waals surface area contributed by atoms with Crippen LogP contribution in [0.25, 0.3) is 0 Å². The maximum atomic E-state index is 12.0. The monoisotopic (exact) mass is 362 g/mol. The predicted molar refractivity (Wildman–Crippen MR) is 95.2 cm³/mol. The van der Waals surface area contributed by atoms with E-state index >= 15 is 0 Å². The first kappa shape index (κ1) is 18.2. The topological polar surface area (TPSA) is 94.8 Å². The van der Waals surface area contributed by atoms with Crippen LogP contribution in [0.2, 0.25) is 0 Å². The Morgan fingerprint density at radius 1 is 1.27 bits per heavy atom. The number of carbonyl (C=O) groups is 2. The molecule has 8 atom stereocenters. The average Bonchev–Trinajstić information content (AvgIpc) is 2.76. The Morgan fingerprint density at radius 3 is 2.62 bits per heavy atom. The summed E-state index contributed by atoms with van der Waals surface area (Å²) in [4.78, 5) is 23.9. The maximum Gasteiger partial charge on any atom is 0.336 e. The van der Waals surface area contributed by atoms with E-state index in [1.807, 2.05) is 13.8 Å². The first-order chi connectivity index (χ1) is 12.1. The molecule has 4 aliphatic carbocycles. The molecule has 3 N–H and O–H groups in total. The Morgan fingerprint density at radius 2 is 1.96 bits per heavy atom. The fraction of sp³-hybridized carbons (Fsp3) is 0.810. The molecule has 0 aromatic carbocycles. The molecule has 2 unspecified atom stereocenters.